The van der Waals surface area contributed by atoms with Crippen LogP contribution in [0.1, 0.15) is 20.3 Å². The van der Waals surface area contributed by atoms with Crippen LogP contribution in [0.5, 0.6) is 0 Å². The molecule has 1 saturated heterocycles. The van der Waals surface area contributed by atoms with Gasteiger partial charge >= 0.3 is 6.18 Å². The van der Waals surface area contributed by atoms with Crippen LogP contribution in [0.3, 0.4) is 0 Å². The summed E-state index contributed by atoms with van der Waals surface area (Å²) in [7, 11) is 1.37. The van der Waals surface area contributed by atoms with Gasteiger partial charge in [0.1, 0.15) is 6.04 Å². The zero-order chi connectivity index (χ0) is 11.6. The average molecular weight is 224 g/mol. The molecule has 0 aliphatic carbocycles. The van der Waals surface area contributed by atoms with Gasteiger partial charge in [-0.2, -0.15) is 13.2 Å². The van der Waals surface area contributed by atoms with E-state index in [-0.39, 0.29) is 5.92 Å². The van der Waals surface area contributed by atoms with E-state index in [0.717, 1.165) is 6.42 Å². The Morgan fingerprint density at radius 1 is 1.33 bits per heavy atom. The molecule has 15 heavy (non-hydrogen) atoms. The molecule has 1 aliphatic heterocycles. The predicted octanol–water partition coefficient (Wildman–Crippen LogP) is 1.77. The van der Waals surface area contributed by atoms with Gasteiger partial charge in [0.05, 0.1) is 0 Å². The lowest BCUT2D eigenvalue weighted by atomic mass is 9.83. The highest BCUT2D eigenvalue weighted by molar-refractivity contribution is 4.93. The molecule has 0 amide bonds. The first-order valence-corrected chi connectivity index (χ1v) is 5.33. The normalized spacial score (nSPS) is 35.2. The molecule has 1 heterocycles. The van der Waals surface area contributed by atoms with E-state index in [2.05, 4.69) is 17.6 Å². The Labute approximate surface area is 88.6 Å². The Hall–Kier alpha value is -0.290. The monoisotopic (exact) mass is 224 g/mol. The molecule has 1 fully saturated rings. The maximum Gasteiger partial charge on any atom is 0.405 e. The number of piperidine rings is 1. The molecule has 0 aromatic heterocycles. The summed E-state index contributed by atoms with van der Waals surface area (Å²) < 4.78 is 38.0. The molecule has 2 N–H and O–H groups in total. The van der Waals surface area contributed by atoms with Crippen LogP contribution in [0.25, 0.3) is 0 Å². The number of alkyl halides is 3. The molecule has 0 aromatic carbocycles. The standard InChI is InChI=1S/C10H19F3N2/c1-6-4-7(2)8(15-5-6)9(14-3)10(11,12)13/h6-9,14-15H,4-5H2,1-3H3. The SMILES string of the molecule is CNC(C1NCC(C)CC1C)C(F)(F)F. The van der Waals surface area contributed by atoms with E-state index in [1.165, 1.54) is 7.05 Å². The van der Waals surface area contributed by atoms with Crippen molar-refractivity contribution in [3.8, 4) is 0 Å². The minimum Gasteiger partial charge on any atom is -0.312 e. The first kappa shape index (κ1) is 12.8. The van der Waals surface area contributed by atoms with Gasteiger partial charge in [0.2, 0.25) is 0 Å². The molecule has 0 saturated carbocycles. The number of likely N-dealkylation sites (N-methyl/N-ethyl adjacent to an activating group) is 1. The van der Waals surface area contributed by atoms with E-state index in [1.807, 2.05) is 6.92 Å². The van der Waals surface area contributed by atoms with E-state index < -0.39 is 18.3 Å². The molecule has 0 spiro atoms. The van der Waals surface area contributed by atoms with Crippen LogP contribution in [0, 0.1) is 11.8 Å². The van der Waals surface area contributed by atoms with Crippen LogP contribution >= 0.6 is 0 Å². The van der Waals surface area contributed by atoms with Crippen molar-refractivity contribution >= 4 is 0 Å². The third-order valence-corrected chi connectivity index (χ3v) is 3.11. The zero-order valence-electron chi connectivity index (χ0n) is 9.36. The van der Waals surface area contributed by atoms with E-state index in [9.17, 15) is 13.2 Å². The maximum atomic E-state index is 12.7. The third-order valence-electron chi connectivity index (χ3n) is 3.11. The van der Waals surface area contributed by atoms with Crippen molar-refractivity contribution in [2.45, 2.75) is 38.5 Å². The maximum absolute atomic E-state index is 12.7. The summed E-state index contributed by atoms with van der Waals surface area (Å²) >= 11 is 0. The number of nitrogens with one attached hydrogen (secondary N) is 2. The highest BCUT2D eigenvalue weighted by Gasteiger charge is 2.46. The Bertz CT molecular complexity index is 205. The largest absolute Gasteiger partial charge is 0.405 e. The lowest BCUT2D eigenvalue weighted by Crippen LogP contribution is -2.60. The fraction of sp³-hybridized carbons (Fsp3) is 1.00. The summed E-state index contributed by atoms with van der Waals surface area (Å²) in [6.07, 6.45) is -3.33. The van der Waals surface area contributed by atoms with Gasteiger partial charge < -0.3 is 10.6 Å². The summed E-state index contributed by atoms with van der Waals surface area (Å²) in [5.74, 6) is 0.509. The van der Waals surface area contributed by atoms with E-state index in [0.29, 0.717) is 12.5 Å². The number of hydrogen-bond acceptors (Lipinski definition) is 2. The van der Waals surface area contributed by atoms with Crippen molar-refractivity contribution in [3.63, 3.8) is 0 Å². The van der Waals surface area contributed by atoms with E-state index in [4.69, 9.17) is 0 Å². The first-order valence-electron chi connectivity index (χ1n) is 5.33. The Kier molecular flexibility index (Phi) is 4.00. The van der Waals surface area contributed by atoms with E-state index >= 15 is 0 Å². The van der Waals surface area contributed by atoms with Gasteiger partial charge in [-0.1, -0.05) is 13.8 Å². The quantitative estimate of drug-likeness (QED) is 0.747. The number of halogens is 3. The molecule has 0 aromatic rings. The van der Waals surface area contributed by atoms with Crippen molar-refractivity contribution in [1.82, 2.24) is 10.6 Å². The van der Waals surface area contributed by atoms with Crippen LogP contribution in [-0.2, 0) is 0 Å². The molecular weight excluding hydrogens is 205 g/mol. The summed E-state index contributed by atoms with van der Waals surface area (Å²) in [5, 5.41) is 5.36. The topological polar surface area (TPSA) is 24.1 Å². The van der Waals surface area contributed by atoms with Crippen LogP contribution in [0.4, 0.5) is 13.2 Å². The first-order chi connectivity index (χ1) is 6.86. The van der Waals surface area contributed by atoms with Gasteiger partial charge in [-0.15, -0.1) is 0 Å². The fourth-order valence-corrected chi connectivity index (χ4v) is 2.40. The summed E-state index contributed by atoms with van der Waals surface area (Å²) in [4.78, 5) is 0. The van der Waals surface area contributed by atoms with Gasteiger partial charge in [0.25, 0.3) is 0 Å². The Morgan fingerprint density at radius 3 is 2.33 bits per heavy atom. The van der Waals surface area contributed by atoms with Gasteiger partial charge in [0.15, 0.2) is 0 Å². The second-order valence-electron chi connectivity index (χ2n) is 4.56. The summed E-state index contributed by atoms with van der Waals surface area (Å²) in [6.45, 7) is 4.61. The minimum atomic E-state index is -4.18. The minimum absolute atomic E-state index is 0.0489. The van der Waals surface area contributed by atoms with Crippen molar-refractivity contribution in [2.75, 3.05) is 13.6 Å². The van der Waals surface area contributed by atoms with Crippen LogP contribution in [-0.4, -0.2) is 31.9 Å². The number of rotatable bonds is 2. The van der Waals surface area contributed by atoms with Crippen molar-refractivity contribution < 1.29 is 13.2 Å². The zero-order valence-corrected chi connectivity index (χ0v) is 9.36. The number of hydrogen-bond donors (Lipinski definition) is 2. The Morgan fingerprint density at radius 2 is 1.93 bits per heavy atom. The molecular formula is C10H19F3N2. The van der Waals surface area contributed by atoms with Gasteiger partial charge in [-0.25, -0.2) is 0 Å². The smallest absolute Gasteiger partial charge is 0.312 e. The van der Waals surface area contributed by atoms with Crippen molar-refractivity contribution in [2.24, 2.45) is 11.8 Å². The van der Waals surface area contributed by atoms with Crippen molar-refractivity contribution in [1.29, 1.82) is 0 Å². The highest BCUT2D eigenvalue weighted by atomic mass is 19.4. The van der Waals surface area contributed by atoms with Gasteiger partial charge in [-0.05, 0) is 31.8 Å². The van der Waals surface area contributed by atoms with Gasteiger partial charge in [-0.3, -0.25) is 0 Å². The second kappa shape index (κ2) is 4.70. The molecule has 0 bridgehead atoms. The molecule has 2 nitrogen and oxygen atoms in total. The van der Waals surface area contributed by atoms with Gasteiger partial charge in [0, 0.05) is 6.04 Å². The van der Waals surface area contributed by atoms with E-state index in [1.54, 1.807) is 0 Å². The molecule has 1 aliphatic rings. The molecule has 1 rings (SSSR count). The molecule has 4 atom stereocenters. The van der Waals surface area contributed by atoms with Crippen LogP contribution in [0.2, 0.25) is 0 Å². The molecule has 90 valence electrons. The van der Waals surface area contributed by atoms with Crippen molar-refractivity contribution in [3.05, 3.63) is 0 Å². The third kappa shape index (κ3) is 3.08. The van der Waals surface area contributed by atoms with Crippen LogP contribution < -0.4 is 10.6 Å². The molecule has 0 radical (unpaired) electrons. The molecule has 5 heteroatoms. The Balaban J connectivity index is 2.68. The predicted molar refractivity (Wildman–Crippen MR) is 53.6 cm³/mol. The second-order valence-corrected chi connectivity index (χ2v) is 4.56. The highest BCUT2D eigenvalue weighted by Crippen LogP contribution is 2.30. The summed E-state index contributed by atoms with van der Waals surface area (Å²) in [6, 6.07) is -1.95. The lowest BCUT2D eigenvalue weighted by molar-refractivity contribution is -0.166. The van der Waals surface area contributed by atoms with Crippen LogP contribution in [0.15, 0.2) is 0 Å². The molecule has 4 unspecified atom stereocenters. The average Bonchev–Trinajstić information content (AvgIpc) is 2.07. The fourth-order valence-electron chi connectivity index (χ4n) is 2.40. The lowest BCUT2D eigenvalue weighted by Gasteiger charge is -2.39. The summed E-state index contributed by atoms with van der Waals surface area (Å²) in [5.41, 5.74) is 0.